The van der Waals surface area contributed by atoms with Crippen molar-refractivity contribution in [2.75, 3.05) is 35.7 Å². The molecule has 2 aromatic rings. The maximum Gasteiger partial charge on any atom is 0.340 e. The molecule has 1 aliphatic rings. The van der Waals surface area contributed by atoms with Gasteiger partial charge in [-0.2, -0.15) is 0 Å². The maximum absolute atomic E-state index is 12.3. The van der Waals surface area contributed by atoms with E-state index >= 15 is 0 Å². The Morgan fingerprint density at radius 3 is 2.54 bits per heavy atom. The van der Waals surface area contributed by atoms with Crippen LogP contribution in [0.2, 0.25) is 0 Å². The van der Waals surface area contributed by atoms with Gasteiger partial charge in [0.1, 0.15) is 0 Å². The van der Waals surface area contributed by atoms with Crippen LogP contribution in [0.25, 0.3) is 0 Å². The number of benzene rings is 2. The minimum atomic E-state index is -0.451. The van der Waals surface area contributed by atoms with Crippen LogP contribution in [0.15, 0.2) is 42.5 Å². The molecule has 0 radical (unpaired) electrons. The zero-order chi connectivity index (χ0) is 20.1. The van der Waals surface area contributed by atoms with Gasteiger partial charge in [0.05, 0.1) is 19.2 Å². The molecule has 7 nitrogen and oxygen atoms in total. The van der Waals surface area contributed by atoms with Crippen molar-refractivity contribution in [1.29, 1.82) is 0 Å². The summed E-state index contributed by atoms with van der Waals surface area (Å²) >= 11 is 0. The molecule has 3 rings (SSSR count). The highest BCUT2D eigenvalue weighted by atomic mass is 16.5. The van der Waals surface area contributed by atoms with Crippen molar-refractivity contribution in [1.82, 2.24) is 0 Å². The van der Waals surface area contributed by atoms with Gasteiger partial charge in [-0.05, 0) is 49.2 Å². The van der Waals surface area contributed by atoms with Crippen molar-refractivity contribution < 1.29 is 19.1 Å². The standard InChI is InChI=1S/C21H23N3O4/c1-14-5-3-6-17(20(14)21(27)28-2)22-13-18(25)23-15-8-10-16(11-9-15)24-12-4-7-19(24)26/h3,5-6,8-11,22H,4,7,12-13H2,1-2H3,(H,23,25). The zero-order valence-electron chi connectivity index (χ0n) is 16.0. The van der Waals surface area contributed by atoms with Gasteiger partial charge in [0.15, 0.2) is 0 Å². The molecule has 1 heterocycles. The number of nitrogens with one attached hydrogen (secondary N) is 2. The molecule has 0 atom stereocenters. The lowest BCUT2D eigenvalue weighted by atomic mass is 10.1. The zero-order valence-corrected chi connectivity index (χ0v) is 16.0. The third-order valence-corrected chi connectivity index (χ3v) is 4.64. The minimum absolute atomic E-state index is 0.000189. The van der Waals surface area contributed by atoms with Crippen LogP contribution in [-0.2, 0) is 14.3 Å². The van der Waals surface area contributed by atoms with Crippen LogP contribution in [0.3, 0.4) is 0 Å². The van der Waals surface area contributed by atoms with Gasteiger partial charge in [-0.15, -0.1) is 0 Å². The second-order valence-electron chi connectivity index (χ2n) is 6.59. The highest BCUT2D eigenvalue weighted by molar-refractivity contribution is 5.99. The molecule has 0 aliphatic carbocycles. The average molecular weight is 381 g/mol. The maximum atomic E-state index is 12.3. The molecule has 0 saturated carbocycles. The topological polar surface area (TPSA) is 87.7 Å². The molecule has 1 aliphatic heterocycles. The number of aryl methyl sites for hydroxylation is 1. The largest absolute Gasteiger partial charge is 0.465 e. The van der Waals surface area contributed by atoms with E-state index in [2.05, 4.69) is 10.6 Å². The van der Waals surface area contributed by atoms with Gasteiger partial charge in [-0.25, -0.2) is 4.79 Å². The summed E-state index contributed by atoms with van der Waals surface area (Å²) in [6.07, 6.45) is 1.45. The first-order valence-corrected chi connectivity index (χ1v) is 9.11. The van der Waals surface area contributed by atoms with Crippen LogP contribution >= 0.6 is 0 Å². The highest BCUT2D eigenvalue weighted by Crippen LogP contribution is 2.23. The lowest BCUT2D eigenvalue weighted by Gasteiger charge is -2.16. The number of hydrogen-bond acceptors (Lipinski definition) is 5. The molecule has 2 aromatic carbocycles. The summed E-state index contributed by atoms with van der Waals surface area (Å²) in [5.41, 5.74) is 3.20. The molecule has 28 heavy (non-hydrogen) atoms. The second-order valence-corrected chi connectivity index (χ2v) is 6.59. The molecule has 0 bridgehead atoms. The Kier molecular flexibility index (Phi) is 5.93. The molecular weight excluding hydrogens is 358 g/mol. The number of esters is 1. The smallest absolute Gasteiger partial charge is 0.340 e. The molecule has 2 N–H and O–H groups in total. The lowest BCUT2D eigenvalue weighted by Crippen LogP contribution is -2.24. The Balaban J connectivity index is 1.60. The van der Waals surface area contributed by atoms with Crippen LogP contribution in [0.5, 0.6) is 0 Å². The second kappa shape index (κ2) is 8.56. The van der Waals surface area contributed by atoms with E-state index in [4.69, 9.17) is 4.74 Å². The van der Waals surface area contributed by atoms with Crippen LogP contribution in [0.1, 0.15) is 28.8 Å². The van der Waals surface area contributed by atoms with E-state index in [0.29, 0.717) is 23.4 Å². The monoisotopic (exact) mass is 381 g/mol. The third-order valence-electron chi connectivity index (χ3n) is 4.64. The Morgan fingerprint density at radius 2 is 1.89 bits per heavy atom. The summed E-state index contributed by atoms with van der Waals surface area (Å²) < 4.78 is 4.81. The normalized spacial score (nSPS) is 13.4. The van der Waals surface area contributed by atoms with Gasteiger partial charge in [0, 0.05) is 30.0 Å². The first-order valence-electron chi connectivity index (χ1n) is 9.11. The van der Waals surface area contributed by atoms with Crippen LogP contribution in [0.4, 0.5) is 17.1 Å². The first-order chi connectivity index (χ1) is 13.5. The molecule has 1 fully saturated rings. The van der Waals surface area contributed by atoms with E-state index < -0.39 is 5.97 Å². The summed E-state index contributed by atoms with van der Waals surface area (Å²) in [7, 11) is 1.32. The van der Waals surface area contributed by atoms with Gasteiger partial charge in [0.25, 0.3) is 0 Å². The SMILES string of the molecule is COC(=O)c1c(C)cccc1NCC(=O)Nc1ccc(N2CCCC2=O)cc1. The molecule has 7 heteroatoms. The number of carbonyl (C=O) groups is 3. The number of rotatable bonds is 6. The fourth-order valence-electron chi connectivity index (χ4n) is 3.21. The Labute approximate surface area is 163 Å². The summed E-state index contributed by atoms with van der Waals surface area (Å²) in [5, 5.41) is 5.78. The Hall–Kier alpha value is -3.35. The predicted molar refractivity (Wildman–Crippen MR) is 108 cm³/mol. The van der Waals surface area contributed by atoms with Crippen molar-refractivity contribution in [3.63, 3.8) is 0 Å². The third kappa shape index (κ3) is 4.31. The van der Waals surface area contributed by atoms with Gasteiger partial charge in [0.2, 0.25) is 11.8 Å². The molecular formula is C21H23N3O4. The molecule has 146 valence electrons. The van der Waals surface area contributed by atoms with Crippen LogP contribution in [0, 0.1) is 6.92 Å². The van der Waals surface area contributed by atoms with E-state index in [1.54, 1.807) is 29.2 Å². The fraction of sp³-hybridized carbons (Fsp3) is 0.286. The molecule has 0 spiro atoms. The summed E-state index contributed by atoms with van der Waals surface area (Å²) in [6.45, 7) is 2.54. The van der Waals surface area contributed by atoms with Crippen molar-refractivity contribution in [2.45, 2.75) is 19.8 Å². The van der Waals surface area contributed by atoms with E-state index in [-0.39, 0.29) is 18.4 Å². The highest BCUT2D eigenvalue weighted by Gasteiger charge is 2.21. The fourth-order valence-corrected chi connectivity index (χ4v) is 3.21. The quantitative estimate of drug-likeness (QED) is 0.751. The summed E-state index contributed by atoms with van der Waals surface area (Å²) in [4.78, 5) is 37.8. The van der Waals surface area contributed by atoms with E-state index in [1.807, 2.05) is 25.1 Å². The minimum Gasteiger partial charge on any atom is -0.465 e. The van der Waals surface area contributed by atoms with Gasteiger partial charge in [-0.3, -0.25) is 9.59 Å². The number of methoxy groups -OCH3 is 1. The Bertz CT molecular complexity index is 893. The number of anilines is 3. The van der Waals surface area contributed by atoms with E-state index in [0.717, 1.165) is 24.2 Å². The van der Waals surface area contributed by atoms with Crippen molar-refractivity contribution >= 4 is 34.8 Å². The summed E-state index contributed by atoms with van der Waals surface area (Å²) in [6, 6.07) is 12.5. The summed E-state index contributed by atoms with van der Waals surface area (Å²) in [5.74, 6) is -0.573. The van der Waals surface area contributed by atoms with Gasteiger partial charge < -0.3 is 20.3 Å². The van der Waals surface area contributed by atoms with Crippen molar-refractivity contribution in [2.24, 2.45) is 0 Å². The van der Waals surface area contributed by atoms with Gasteiger partial charge >= 0.3 is 5.97 Å². The number of amides is 2. The van der Waals surface area contributed by atoms with E-state index in [9.17, 15) is 14.4 Å². The number of hydrogen-bond donors (Lipinski definition) is 2. The van der Waals surface area contributed by atoms with Crippen LogP contribution < -0.4 is 15.5 Å². The van der Waals surface area contributed by atoms with Crippen molar-refractivity contribution in [3.8, 4) is 0 Å². The molecule has 1 saturated heterocycles. The molecule has 2 amide bonds. The molecule has 0 unspecified atom stereocenters. The first kappa shape index (κ1) is 19.4. The number of ether oxygens (including phenoxy) is 1. The van der Waals surface area contributed by atoms with Crippen LogP contribution in [-0.4, -0.2) is 38.0 Å². The number of nitrogens with zero attached hydrogens (tertiary/aromatic N) is 1. The lowest BCUT2D eigenvalue weighted by molar-refractivity contribution is -0.117. The van der Waals surface area contributed by atoms with Gasteiger partial charge in [-0.1, -0.05) is 12.1 Å². The predicted octanol–water partition coefficient (Wildman–Crippen LogP) is 2.96. The van der Waals surface area contributed by atoms with E-state index in [1.165, 1.54) is 7.11 Å². The molecule has 0 aromatic heterocycles. The number of carbonyl (C=O) groups excluding carboxylic acids is 3. The van der Waals surface area contributed by atoms with Crippen molar-refractivity contribution in [3.05, 3.63) is 53.6 Å². The average Bonchev–Trinajstić information content (AvgIpc) is 3.12. The Morgan fingerprint density at radius 1 is 1.14 bits per heavy atom.